The molecule has 0 rings (SSSR count). The Hall–Kier alpha value is 0.910. The van der Waals surface area contributed by atoms with Gasteiger partial charge in [-0.2, -0.15) is 0 Å². The second-order valence-electron chi connectivity index (χ2n) is 12.5. The van der Waals surface area contributed by atoms with Gasteiger partial charge in [0.15, 0.2) is 0 Å². The molecule has 0 atom stereocenters. The third-order valence-corrected chi connectivity index (χ3v) is 10.2. The molecule has 0 aromatic heterocycles. The molecule has 0 aliphatic carbocycles. The van der Waals surface area contributed by atoms with Crippen LogP contribution in [0, 0.1) is 0 Å². The van der Waals surface area contributed by atoms with Gasteiger partial charge in [-0.1, -0.05) is 103 Å². The molecule has 0 N–H and O–H groups in total. The third kappa shape index (κ3) is 32.9. The molecule has 0 spiro atoms. The Bertz CT molecular complexity index is 375. The van der Waals surface area contributed by atoms with Crippen LogP contribution in [-0.4, -0.2) is 26.2 Å². The zero-order valence-electron chi connectivity index (χ0n) is 23.9. The van der Waals surface area contributed by atoms with Crippen LogP contribution in [-0.2, 0) is 0 Å². The van der Waals surface area contributed by atoms with Crippen LogP contribution < -0.4 is 0 Å². The van der Waals surface area contributed by atoms with Crippen LogP contribution in [0.2, 0.25) is 0 Å². The van der Waals surface area contributed by atoms with Crippen LogP contribution in [0.25, 0.3) is 0 Å². The number of hydrogen-bond donors (Lipinski definition) is 0. The molecule has 0 aromatic carbocycles. The number of halogens is 1. The van der Waals surface area contributed by atoms with Crippen molar-refractivity contribution in [3.8, 4) is 0 Å². The van der Waals surface area contributed by atoms with E-state index in [0.29, 0.717) is 0 Å². The summed E-state index contributed by atoms with van der Waals surface area (Å²) in [5.41, 5.74) is 0. The Kier molecular flexibility index (Phi) is 24.0. The summed E-state index contributed by atoms with van der Waals surface area (Å²) in [6, 6.07) is 0. The van der Waals surface area contributed by atoms with Gasteiger partial charge >= 0.3 is 118 Å². The Balaban J connectivity index is 3.07. The van der Waals surface area contributed by atoms with Crippen LogP contribution in [0.5, 0.6) is 0 Å². The van der Waals surface area contributed by atoms with Crippen LogP contribution in [0.3, 0.4) is 0 Å². The first kappa shape index (κ1) is 33.9. The maximum absolute atomic E-state index is 3.98. The van der Waals surface area contributed by atoms with Crippen LogP contribution >= 0.6 is 20.8 Å². The standard InChI is InChI=1S/C31H66BrP/c1-5-6-7-8-9-10-11-12-13-14-15-16-17-18-19-20-21-22-23-24-25-26-27-28-29-30-31-33(2,3,4)32/h5-31H2,1-4H3. The topological polar surface area (TPSA) is 0 Å². The summed E-state index contributed by atoms with van der Waals surface area (Å²) >= 11 is 3.98. The second kappa shape index (κ2) is 23.3. The van der Waals surface area contributed by atoms with Gasteiger partial charge in [-0.05, 0) is 0 Å². The van der Waals surface area contributed by atoms with Crippen LogP contribution in [0.15, 0.2) is 0 Å². The summed E-state index contributed by atoms with van der Waals surface area (Å²) < 4.78 is 0. The van der Waals surface area contributed by atoms with Crippen molar-refractivity contribution in [1.29, 1.82) is 0 Å². The van der Waals surface area contributed by atoms with E-state index in [1.807, 2.05) is 0 Å². The molecule has 0 unspecified atom stereocenters. The average Bonchev–Trinajstić information content (AvgIpc) is 2.75. The molecular formula is C31H66BrP. The van der Waals surface area contributed by atoms with Gasteiger partial charge in [0.05, 0.1) is 0 Å². The van der Waals surface area contributed by atoms with Crippen molar-refractivity contribution >= 4 is 20.8 Å². The van der Waals surface area contributed by atoms with E-state index in [1.165, 1.54) is 173 Å². The van der Waals surface area contributed by atoms with Crippen LogP contribution in [0.1, 0.15) is 174 Å². The molecule has 0 heterocycles. The zero-order valence-corrected chi connectivity index (χ0v) is 26.4. The fourth-order valence-corrected chi connectivity index (χ4v) is 7.01. The molecular weight excluding hydrogens is 483 g/mol. The predicted molar refractivity (Wildman–Crippen MR) is 164 cm³/mol. The third-order valence-electron chi connectivity index (χ3n) is 7.27. The quantitative estimate of drug-likeness (QED) is 0.0706. The average molecular weight is 550 g/mol. The molecule has 0 nitrogen and oxygen atoms in total. The fraction of sp³-hybridized carbons (Fsp3) is 1.00. The van der Waals surface area contributed by atoms with E-state index in [4.69, 9.17) is 0 Å². The summed E-state index contributed by atoms with van der Waals surface area (Å²) in [6.45, 7) is 9.61. The summed E-state index contributed by atoms with van der Waals surface area (Å²) in [6.07, 6.45) is 39.7. The molecule has 0 saturated carbocycles. The molecule has 0 bridgehead atoms. The minimum atomic E-state index is -1.42. The fourth-order valence-electron chi connectivity index (χ4n) is 4.96. The Morgan fingerprint density at radius 1 is 0.333 bits per heavy atom. The van der Waals surface area contributed by atoms with Gasteiger partial charge in [-0.25, -0.2) is 0 Å². The summed E-state index contributed by atoms with van der Waals surface area (Å²) in [4.78, 5) is 0. The van der Waals surface area contributed by atoms with Crippen molar-refractivity contribution in [2.45, 2.75) is 174 Å². The van der Waals surface area contributed by atoms with Gasteiger partial charge in [0.1, 0.15) is 0 Å². The normalized spacial score (nSPS) is 13.3. The van der Waals surface area contributed by atoms with Crippen molar-refractivity contribution < 1.29 is 0 Å². The Morgan fingerprint density at radius 3 is 0.697 bits per heavy atom. The van der Waals surface area contributed by atoms with E-state index in [2.05, 4.69) is 42.4 Å². The second-order valence-corrected chi connectivity index (χ2v) is 26.6. The van der Waals surface area contributed by atoms with E-state index in [9.17, 15) is 0 Å². The molecule has 0 aromatic rings. The van der Waals surface area contributed by atoms with Crippen molar-refractivity contribution in [2.75, 3.05) is 26.2 Å². The molecule has 33 heavy (non-hydrogen) atoms. The van der Waals surface area contributed by atoms with Gasteiger partial charge in [0.25, 0.3) is 0 Å². The Labute approximate surface area is 220 Å². The van der Waals surface area contributed by atoms with Gasteiger partial charge in [-0.15, -0.1) is 0 Å². The number of hydrogen-bond acceptors (Lipinski definition) is 0. The van der Waals surface area contributed by atoms with Crippen molar-refractivity contribution in [1.82, 2.24) is 0 Å². The molecule has 0 fully saturated rings. The molecule has 0 saturated heterocycles. The van der Waals surface area contributed by atoms with E-state index >= 15 is 0 Å². The molecule has 2 heteroatoms. The first-order valence-electron chi connectivity index (χ1n) is 15.5. The van der Waals surface area contributed by atoms with E-state index in [-0.39, 0.29) is 0 Å². The first-order chi connectivity index (χ1) is 15.8. The van der Waals surface area contributed by atoms with Gasteiger partial charge in [-0.3, -0.25) is 0 Å². The van der Waals surface area contributed by atoms with Gasteiger partial charge in [0.2, 0.25) is 0 Å². The van der Waals surface area contributed by atoms with E-state index in [0.717, 1.165) is 0 Å². The predicted octanol–water partition coefficient (Wildman–Crippen LogP) is 12.9. The molecule has 0 aliphatic heterocycles. The van der Waals surface area contributed by atoms with Crippen molar-refractivity contribution in [2.24, 2.45) is 0 Å². The molecule has 0 aliphatic rings. The van der Waals surface area contributed by atoms with Gasteiger partial charge in [0, 0.05) is 0 Å². The van der Waals surface area contributed by atoms with Crippen molar-refractivity contribution in [3.63, 3.8) is 0 Å². The van der Waals surface area contributed by atoms with E-state index in [1.54, 1.807) is 0 Å². The minimum absolute atomic E-state index is 1.37. The molecule has 0 radical (unpaired) electrons. The molecule has 0 amide bonds. The SMILES string of the molecule is CCCCCCCCCCCCCCCCCCCCCCCCCCCCP(C)(C)(C)Br. The van der Waals surface area contributed by atoms with E-state index < -0.39 is 5.31 Å². The monoisotopic (exact) mass is 548 g/mol. The van der Waals surface area contributed by atoms with Gasteiger partial charge < -0.3 is 0 Å². The number of unbranched alkanes of at least 4 members (excludes halogenated alkanes) is 25. The molecule has 202 valence electrons. The maximum atomic E-state index is 3.98. The number of rotatable bonds is 27. The zero-order chi connectivity index (χ0) is 24.5. The van der Waals surface area contributed by atoms with Crippen LogP contribution in [0.4, 0.5) is 0 Å². The first-order valence-corrected chi connectivity index (χ1v) is 21.3. The summed E-state index contributed by atoms with van der Waals surface area (Å²) in [5, 5.41) is -1.42. The Morgan fingerprint density at radius 2 is 0.515 bits per heavy atom. The summed E-state index contributed by atoms with van der Waals surface area (Å²) in [7, 11) is 0. The summed E-state index contributed by atoms with van der Waals surface area (Å²) in [5.74, 6) is 0. The van der Waals surface area contributed by atoms with Crippen molar-refractivity contribution in [3.05, 3.63) is 0 Å².